The third-order valence-electron chi connectivity index (χ3n) is 4.62. The molecule has 0 radical (unpaired) electrons. The van der Waals surface area contributed by atoms with E-state index in [9.17, 15) is 28.0 Å². The van der Waals surface area contributed by atoms with Gasteiger partial charge in [-0.05, 0) is 42.6 Å². The number of anilines is 1. The molecule has 0 spiro atoms. The van der Waals surface area contributed by atoms with Crippen LogP contribution >= 0.6 is 23.1 Å². The van der Waals surface area contributed by atoms with Crippen LogP contribution in [0.15, 0.2) is 51.6 Å². The SMILES string of the molecule is C[C@H](Sc1nc(-c2cccs2)cc(C(F)(F)F)c1C#N)C(=O)Nc1ccc2[nH]c(=O)[nH]c2c1. The topological polar surface area (TPSA) is 114 Å². The maximum Gasteiger partial charge on any atom is 0.417 e. The molecule has 0 saturated heterocycles. The molecule has 4 aromatic rings. The minimum absolute atomic E-state index is 0.0771. The van der Waals surface area contributed by atoms with Crippen molar-refractivity contribution in [1.29, 1.82) is 5.26 Å². The standard InChI is InChI=1S/C21H14F3N5O2S2/c1-10(18(30)26-11-4-5-14-15(7-11)29-20(31)28-14)33-19-12(9-25)13(21(22,23)24)8-16(27-19)17-3-2-6-32-17/h2-8,10H,1H3,(H,26,30)(H2,28,29,31)/t10-/m0/s1. The Morgan fingerprint density at radius 2 is 2.00 bits per heavy atom. The highest BCUT2D eigenvalue weighted by Gasteiger charge is 2.36. The van der Waals surface area contributed by atoms with Crippen LogP contribution < -0.4 is 11.0 Å². The van der Waals surface area contributed by atoms with E-state index in [4.69, 9.17) is 0 Å². The Balaban J connectivity index is 1.63. The normalized spacial score (nSPS) is 12.5. The van der Waals surface area contributed by atoms with Crippen LogP contribution in [0, 0.1) is 11.3 Å². The van der Waals surface area contributed by atoms with E-state index in [1.165, 1.54) is 18.3 Å². The number of aromatic amines is 2. The van der Waals surface area contributed by atoms with Gasteiger partial charge in [0.2, 0.25) is 5.91 Å². The number of amides is 1. The van der Waals surface area contributed by atoms with Crippen LogP contribution in [0.1, 0.15) is 18.1 Å². The van der Waals surface area contributed by atoms with Gasteiger partial charge >= 0.3 is 11.9 Å². The van der Waals surface area contributed by atoms with Crippen molar-refractivity contribution >= 4 is 45.7 Å². The molecule has 0 aliphatic heterocycles. The summed E-state index contributed by atoms with van der Waals surface area (Å²) in [6.45, 7) is 1.50. The average Bonchev–Trinajstić information content (AvgIpc) is 3.41. The molecule has 1 atom stereocenters. The number of nitrogens with zero attached hydrogens (tertiary/aromatic N) is 2. The van der Waals surface area contributed by atoms with E-state index in [0.29, 0.717) is 21.6 Å². The summed E-state index contributed by atoms with van der Waals surface area (Å²) in [5.74, 6) is -0.502. The molecule has 33 heavy (non-hydrogen) atoms. The molecular formula is C21H14F3N5O2S2. The molecule has 0 fully saturated rings. The summed E-state index contributed by atoms with van der Waals surface area (Å²) < 4.78 is 41.0. The lowest BCUT2D eigenvalue weighted by Gasteiger charge is -2.16. The lowest BCUT2D eigenvalue weighted by atomic mass is 10.1. The van der Waals surface area contributed by atoms with E-state index in [-0.39, 0.29) is 10.7 Å². The number of benzene rings is 1. The molecule has 3 aromatic heterocycles. The number of alkyl halides is 3. The Bertz CT molecular complexity index is 1440. The van der Waals surface area contributed by atoms with Crippen molar-refractivity contribution in [3.63, 3.8) is 0 Å². The fourth-order valence-electron chi connectivity index (χ4n) is 3.06. The Morgan fingerprint density at radius 3 is 2.67 bits per heavy atom. The van der Waals surface area contributed by atoms with Crippen molar-refractivity contribution in [3.05, 3.63) is 63.4 Å². The van der Waals surface area contributed by atoms with Crippen molar-refractivity contribution in [2.24, 2.45) is 0 Å². The van der Waals surface area contributed by atoms with Gasteiger partial charge in [0.05, 0.1) is 38.0 Å². The fraction of sp³-hybridized carbons (Fsp3) is 0.143. The smallest absolute Gasteiger partial charge is 0.325 e. The molecule has 12 heteroatoms. The Kier molecular flexibility index (Phi) is 6.01. The maximum atomic E-state index is 13.7. The molecule has 4 rings (SSSR count). The van der Waals surface area contributed by atoms with Gasteiger partial charge in [0.1, 0.15) is 11.1 Å². The second-order valence-corrected chi connectivity index (χ2v) is 9.19. The number of carbonyl (C=O) groups excluding carboxylic acids is 1. The van der Waals surface area contributed by atoms with Crippen molar-refractivity contribution in [3.8, 4) is 16.6 Å². The van der Waals surface area contributed by atoms with Gasteiger partial charge in [-0.2, -0.15) is 18.4 Å². The summed E-state index contributed by atoms with van der Waals surface area (Å²) in [7, 11) is 0. The third kappa shape index (κ3) is 4.79. The third-order valence-corrected chi connectivity index (χ3v) is 6.60. The minimum Gasteiger partial charge on any atom is -0.325 e. The number of fused-ring (bicyclic) bond motifs is 1. The summed E-state index contributed by atoms with van der Waals surface area (Å²) in [6.07, 6.45) is -4.76. The summed E-state index contributed by atoms with van der Waals surface area (Å²) in [5.41, 5.74) is -0.587. The number of nitriles is 1. The highest BCUT2D eigenvalue weighted by Crippen LogP contribution is 2.39. The lowest BCUT2D eigenvalue weighted by Crippen LogP contribution is -2.23. The lowest BCUT2D eigenvalue weighted by molar-refractivity contribution is -0.138. The number of thioether (sulfide) groups is 1. The van der Waals surface area contributed by atoms with Gasteiger partial charge in [0.15, 0.2) is 0 Å². The number of thiophene rings is 1. The van der Waals surface area contributed by atoms with Crippen molar-refractivity contribution < 1.29 is 18.0 Å². The van der Waals surface area contributed by atoms with E-state index in [1.54, 1.807) is 41.8 Å². The molecule has 0 bridgehead atoms. The molecule has 7 nitrogen and oxygen atoms in total. The number of aromatic nitrogens is 3. The summed E-state index contributed by atoms with van der Waals surface area (Å²) >= 11 is 1.98. The van der Waals surface area contributed by atoms with Gasteiger partial charge in [-0.15, -0.1) is 11.3 Å². The van der Waals surface area contributed by atoms with Gasteiger partial charge in [0.25, 0.3) is 0 Å². The van der Waals surface area contributed by atoms with Crippen LogP contribution in [0.2, 0.25) is 0 Å². The second kappa shape index (κ2) is 8.76. The monoisotopic (exact) mass is 489 g/mol. The van der Waals surface area contributed by atoms with Crippen LogP contribution in [0.25, 0.3) is 21.6 Å². The first-order chi connectivity index (χ1) is 15.7. The zero-order valence-corrected chi connectivity index (χ0v) is 18.4. The number of pyridine rings is 1. The molecule has 0 aliphatic carbocycles. The van der Waals surface area contributed by atoms with E-state index >= 15 is 0 Å². The van der Waals surface area contributed by atoms with Gasteiger partial charge < -0.3 is 15.3 Å². The van der Waals surface area contributed by atoms with E-state index in [0.717, 1.165) is 17.8 Å². The number of hydrogen-bond acceptors (Lipinski definition) is 6. The first kappa shape index (κ1) is 22.6. The minimum atomic E-state index is -4.76. The summed E-state index contributed by atoms with van der Waals surface area (Å²) in [4.78, 5) is 34.0. The van der Waals surface area contributed by atoms with Gasteiger partial charge in [-0.1, -0.05) is 17.8 Å². The predicted octanol–water partition coefficient (Wildman–Crippen LogP) is 4.99. The zero-order chi connectivity index (χ0) is 23.8. The number of carbonyl (C=O) groups is 1. The van der Waals surface area contributed by atoms with Crippen molar-refractivity contribution in [2.45, 2.75) is 23.4 Å². The molecule has 3 N–H and O–H groups in total. The first-order valence-corrected chi connectivity index (χ1v) is 11.2. The van der Waals surface area contributed by atoms with Gasteiger partial charge in [-0.25, -0.2) is 9.78 Å². The molecule has 1 aromatic carbocycles. The van der Waals surface area contributed by atoms with E-state index < -0.39 is 34.2 Å². The highest BCUT2D eigenvalue weighted by atomic mass is 32.2. The van der Waals surface area contributed by atoms with Crippen LogP contribution in [0.5, 0.6) is 0 Å². The Morgan fingerprint density at radius 1 is 1.24 bits per heavy atom. The maximum absolute atomic E-state index is 13.7. The molecule has 3 heterocycles. The average molecular weight is 490 g/mol. The van der Waals surface area contributed by atoms with E-state index in [2.05, 4.69) is 20.3 Å². The van der Waals surface area contributed by atoms with Gasteiger partial charge in [0, 0.05) is 5.69 Å². The number of halogens is 3. The zero-order valence-electron chi connectivity index (χ0n) is 16.8. The van der Waals surface area contributed by atoms with Crippen LogP contribution in [0.3, 0.4) is 0 Å². The number of imidazole rings is 1. The molecule has 0 saturated carbocycles. The van der Waals surface area contributed by atoms with E-state index in [1.807, 2.05) is 0 Å². The van der Waals surface area contributed by atoms with Crippen molar-refractivity contribution in [2.75, 3.05) is 5.32 Å². The summed E-state index contributed by atoms with van der Waals surface area (Å²) in [6, 6.07) is 10.5. The largest absolute Gasteiger partial charge is 0.417 e. The second-order valence-electron chi connectivity index (χ2n) is 6.91. The van der Waals surface area contributed by atoms with Gasteiger partial charge in [-0.3, -0.25) is 4.79 Å². The summed E-state index contributed by atoms with van der Waals surface area (Å²) in [5, 5.41) is 12.8. The number of H-pyrrole nitrogens is 2. The van der Waals surface area contributed by atoms with Crippen LogP contribution in [-0.4, -0.2) is 26.1 Å². The van der Waals surface area contributed by atoms with Crippen LogP contribution in [0.4, 0.5) is 18.9 Å². The first-order valence-electron chi connectivity index (χ1n) is 9.41. The number of nitrogens with one attached hydrogen (secondary N) is 3. The fourth-order valence-corrected chi connectivity index (χ4v) is 4.68. The number of rotatable bonds is 5. The van der Waals surface area contributed by atoms with Crippen LogP contribution in [-0.2, 0) is 11.0 Å². The van der Waals surface area contributed by atoms with Crippen molar-refractivity contribution in [1.82, 2.24) is 15.0 Å². The molecule has 0 aliphatic rings. The molecule has 168 valence electrons. The quantitative estimate of drug-likeness (QED) is 0.342. The molecule has 0 unspecified atom stereocenters. The predicted molar refractivity (Wildman–Crippen MR) is 120 cm³/mol. The number of hydrogen-bond donors (Lipinski definition) is 3. The Hall–Kier alpha value is -3.56. The highest BCUT2D eigenvalue weighted by molar-refractivity contribution is 8.00. The molecular weight excluding hydrogens is 475 g/mol. The molecule has 1 amide bonds. The Labute approximate surface area is 192 Å².